The van der Waals surface area contributed by atoms with Gasteiger partial charge in [-0.3, -0.25) is 9.59 Å². The van der Waals surface area contributed by atoms with Gasteiger partial charge in [0.05, 0.1) is 11.9 Å². The van der Waals surface area contributed by atoms with Crippen LogP contribution in [-0.2, 0) is 16.1 Å². The van der Waals surface area contributed by atoms with Crippen molar-refractivity contribution >= 4 is 22.6 Å². The lowest BCUT2D eigenvalue weighted by Gasteiger charge is -2.18. The van der Waals surface area contributed by atoms with E-state index in [0.717, 1.165) is 5.56 Å². The third kappa shape index (κ3) is 4.51. The summed E-state index contributed by atoms with van der Waals surface area (Å²) in [6.07, 6.45) is 0. The summed E-state index contributed by atoms with van der Waals surface area (Å²) in [5.74, 6) is -1.01. The quantitative estimate of drug-likeness (QED) is 0.576. The van der Waals surface area contributed by atoms with E-state index in [2.05, 4.69) is 5.10 Å². The summed E-state index contributed by atoms with van der Waals surface area (Å²) in [5.41, 5.74) is 0.608. The van der Waals surface area contributed by atoms with Crippen molar-refractivity contribution in [2.45, 2.75) is 20.4 Å². The van der Waals surface area contributed by atoms with Crippen LogP contribution >= 0.6 is 0 Å². The molecule has 0 atom stereocenters. The molecule has 0 spiro atoms. The molecule has 1 heterocycles. The van der Waals surface area contributed by atoms with Gasteiger partial charge in [0.2, 0.25) is 0 Å². The minimum Gasteiger partial charge on any atom is -0.451 e. The molecule has 7 heteroatoms. The molecule has 0 radical (unpaired) electrons. The molecule has 1 amide bonds. The molecule has 0 saturated carbocycles. The number of fused-ring (bicyclic) bond motifs is 1. The van der Waals surface area contributed by atoms with E-state index in [1.807, 2.05) is 44.2 Å². The van der Waals surface area contributed by atoms with E-state index in [1.54, 1.807) is 29.2 Å². The van der Waals surface area contributed by atoms with Crippen molar-refractivity contribution in [3.05, 3.63) is 76.2 Å². The lowest BCUT2D eigenvalue weighted by atomic mass is 10.1. The number of esters is 1. The van der Waals surface area contributed by atoms with Gasteiger partial charge in [0, 0.05) is 18.5 Å². The molecule has 1 aromatic heterocycles. The molecule has 3 rings (SSSR count). The van der Waals surface area contributed by atoms with Crippen LogP contribution in [0.4, 0.5) is 0 Å². The Labute approximate surface area is 168 Å². The van der Waals surface area contributed by atoms with Crippen LogP contribution < -0.4 is 5.56 Å². The molecule has 0 N–H and O–H groups in total. The maximum atomic E-state index is 12.8. The molecule has 29 heavy (non-hydrogen) atoms. The maximum absolute atomic E-state index is 12.8. The van der Waals surface area contributed by atoms with E-state index in [4.69, 9.17) is 4.74 Å². The zero-order valence-corrected chi connectivity index (χ0v) is 16.5. The van der Waals surface area contributed by atoms with Crippen molar-refractivity contribution in [1.29, 1.82) is 0 Å². The molecule has 0 saturated heterocycles. The van der Waals surface area contributed by atoms with E-state index in [0.29, 0.717) is 23.9 Å². The molecule has 3 aromatic rings. The first kappa shape index (κ1) is 20.3. The summed E-state index contributed by atoms with van der Waals surface area (Å²) in [7, 11) is 0. The molecule has 2 aromatic carbocycles. The largest absolute Gasteiger partial charge is 0.451 e. The standard InChI is InChI=1S/C22H23N3O4/c1-3-24(4-2)19(26)15-29-22(28)20-17-12-8-9-13-18(17)21(27)25(23-20)14-16-10-6-5-7-11-16/h5-13H,3-4,14-15H2,1-2H3. The first-order valence-electron chi connectivity index (χ1n) is 9.53. The number of hydrogen-bond acceptors (Lipinski definition) is 5. The minimum absolute atomic E-state index is 0.0171. The highest BCUT2D eigenvalue weighted by molar-refractivity contribution is 6.02. The number of ether oxygens (including phenoxy) is 1. The van der Waals surface area contributed by atoms with Gasteiger partial charge in [0.1, 0.15) is 0 Å². The predicted octanol–water partition coefficient (Wildman–Crippen LogP) is 2.47. The summed E-state index contributed by atoms with van der Waals surface area (Å²) in [6, 6.07) is 16.1. The Hall–Kier alpha value is -3.48. The first-order valence-corrected chi connectivity index (χ1v) is 9.53. The second-order valence-electron chi connectivity index (χ2n) is 6.48. The maximum Gasteiger partial charge on any atom is 0.359 e. The van der Waals surface area contributed by atoms with E-state index >= 15 is 0 Å². The highest BCUT2D eigenvalue weighted by Gasteiger charge is 2.20. The van der Waals surface area contributed by atoms with E-state index < -0.39 is 5.97 Å². The summed E-state index contributed by atoms with van der Waals surface area (Å²) < 4.78 is 6.47. The number of benzene rings is 2. The molecule has 0 bridgehead atoms. The van der Waals surface area contributed by atoms with Crippen LogP contribution in [0.3, 0.4) is 0 Å². The van der Waals surface area contributed by atoms with Crippen LogP contribution in [0, 0.1) is 0 Å². The van der Waals surface area contributed by atoms with E-state index in [9.17, 15) is 14.4 Å². The zero-order valence-electron chi connectivity index (χ0n) is 16.5. The van der Waals surface area contributed by atoms with Gasteiger partial charge in [0.15, 0.2) is 12.3 Å². The number of amides is 1. The van der Waals surface area contributed by atoms with Crippen molar-refractivity contribution < 1.29 is 14.3 Å². The second-order valence-corrected chi connectivity index (χ2v) is 6.48. The molecule has 0 aliphatic carbocycles. The van der Waals surface area contributed by atoms with Gasteiger partial charge in [-0.1, -0.05) is 48.5 Å². The molecule has 0 fully saturated rings. The normalized spacial score (nSPS) is 10.7. The van der Waals surface area contributed by atoms with E-state index in [1.165, 1.54) is 4.68 Å². The average molecular weight is 393 g/mol. The topological polar surface area (TPSA) is 81.5 Å². The van der Waals surface area contributed by atoms with Crippen molar-refractivity contribution in [1.82, 2.24) is 14.7 Å². The smallest absolute Gasteiger partial charge is 0.359 e. The number of carbonyl (C=O) groups is 2. The number of aromatic nitrogens is 2. The highest BCUT2D eigenvalue weighted by atomic mass is 16.5. The zero-order chi connectivity index (χ0) is 20.8. The van der Waals surface area contributed by atoms with Crippen molar-refractivity contribution in [3.63, 3.8) is 0 Å². The summed E-state index contributed by atoms with van der Waals surface area (Å²) in [6.45, 7) is 4.65. The van der Waals surface area contributed by atoms with Crippen LogP contribution in [0.2, 0.25) is 0 Å². The van der Waals surface area contributed by atoms with Gasteiger partial charge in [-0.15, -0.1) is 0 Å². The Morgan fingerprint density at radius 3 is 2.24 bits per heavy atom. The van der Waals surface area contributed by atoms with Crippen LogP contribution in [0.15, 0.2) is 59.4 Å². The van der Waals surface area contributed by atoms with Crippen LogP contribution in [-0.4, -0.2) is 46.3 Å². The van der Waals surface area contributed by atoms with Crippen LogP contribution in [0.5, 0.6) is 0 Å². The lowest BCUT2D eigenvalue weighted by Crippen LogP contribution is -2.34. The predicted molar refractivity (Wildman–Crippen MR) is 110 cm³/mol. The Kier molecular flexibility index (Phi) is 6.39. The van der Waals surface area contributed by atoms with Crippen molar-refractivity contribution in [3.8, 4) is 0 Å². The fourth-order valence-electron chi connectivity index (χ4n) is 3.11. The Balaban J connectivity index is 1.94. The number of likely N-dealkylation sites (N-methyl/N-ethyl adjacent to an activating group) is 1. The summed E-state index contributed by atoms with van der Waals surface area (Å²) >= 11 is 0. The molecular formula is C22H23N3O4. The van der Waals surface area contributed by atoms with Gasteiger partial charge < -0.3 is 9.64 Å². The first-order chi connectivity index (χ1) is 14.0. The molecule has 150 valence electrons. The molecular weight excluding hydrogens is 370 g/mol. The Bertz CT molecular complexity index is 1070. The molecule has 7 nitrogen and oxygen atoms in total. The average Bonchev–Trinajstić information content (AvgIpc) is 2.75. The van der Waals surface area contributed by atoms with Gasteiger partial charge in [0.25, 0.3) is 11.5 Å². The van der Waals surface area contributed by atoms with Crippen molar-refractivity contribution in [2.75, 3.05) is 19.7 Å². The fourth-order valence-corrected chi connectivity index (χ4v) is 3.11. The number of carbonyl (C=O) groups excluding carboxylic acids is 2. The lowest BCUT2D eigenvalue weighted by molar-refractivity contribution is -0.134. The van der Waals surface area contributed by atoms with Gasteiger partial charge >= 0.3 is 5.97 Å². The summed E-state index contributed by atoms with van der Waals surface area (Å²) in [4.78, 5) is 39.3. The molecule has 0 aliphatic rings. The highest BCUT2D eigenvalue weighted by Crippen LogP contribution is 2.15. The van der Waals surface area contributed by atoms with Crippen LogP contribution in [0.25, 0.3) is 10.8 Å². The molecule has 0 unspecified atom stereocenters. The number of hydrogen-bond donors (Lipinski definition) is 0. The van der Waals surface area contributed by atoms with Gasteiger partial charge in [-0.2, -0.15) is 5.10 Å². The second kappa shape index (κ2) is 9.14. The van der Waals surface area contributed by atoms with Gasteiger partial charge in [-0.05, 0) is 25.5 Å². The Morgan fingerprint density at radius 1 is 0.966 bits per heavy atom. The number of nitrogens with zero attached hydrogens (tertiary/aromatic N) is 3. The minimum atomic E-state index is -0.733. The third-order valence-corrected chi connectivity index (χ3v) is 4.68. The monoisotopic (exact) mass is 393 g/mol. The Morgan fingerprint density at radius 2 is 1.59 bits per heavy atom. The van der Waals surface area contributed by atoms with E-state index in [-0.39, 0.29) is 30.3 Å². The third-order valence-electron chi connectivity index (χ3n) is 4.68. The number of rotatable bonds is 7. The molecule has 0 aliphatic heterocycles. The van der Waals surface area contributed by atoms with Crippen LogP contribution in [0.1, 0.15) is 29.9 Å². The van der Waals surface area contributed by atoms with Crippen molar-refractivity contribution in [2.24, 2.45) is 0 Å². The SMILES string of the molecule is CCN(CC)C(=O)COC(=O)c1nn(Cc2ccccc2)c(=O)c2ccccc12. The van der Waals surface area contributed by atoms with Gasteiger partial charge in [-0.25, -0.2) is 9.48 Å². The summed E-state index contributed by atoms with van der Waals surface area (Å²) in [5, 5.41) is 5.04. The fraction of sp³-hybridized carbons (Fsp3) is 0.273.